The van der Waals surface area contributed by atoms with Crippen LogP contribution in [-0.2, 0) is 4.74 Å². The molecule has 0 aliphatic carbocycles. The van der Waals surface area contributed by atoms with E-state index in [9.17, 15) is 9.59 Å². The summed E-state index contributed by atoms with van der Waals surface area (Å²) >= 11 is 0. The van der Waals surface area contributed by atoms with Crippen molar-refractivity contribution in [2.24, 2.45) is 5.92 Å². The van der Waals surface area contributed by atoms with E-state index in [4.69, 9.17) is 4.74 Å². The van der Waals surface area contributed by atoms with Crippen LogP contribution in [0, 0.1) is 5.92 Å². The number of aromatic amines is 1. The van der Waals surface area contributed by atoms with Crippen LogP contribution in [0.15, 0.2) is 35.1 Å². The monoisotopic (exact) mass is 286 g/mol. The lowest BCUT2D eigenvalue weighted by Gasteiger charge is -2.22. The number of benzene rings is 1. The Hall–Kier alpha value is -2.14. The van der Waals surface area contributed by atoms with Gasteiger partial charge in [-0.2, -0.15) is 0 Å². The first-order chi connectivity index (χ1) is 10.2. The molecule has 3 rings (SSSR count). The van der Waals surface area contributed by atoms with Crippen LogP contribution < -0.4 is 10.9 Å². The van der Waals surface area contributed by atoms with Gasteiger partial charge in [-0.25, -0.2) is 0 Å². The number of nitrogens with one attached hydrogen (secondary N) is 2. The van der Waals surface area contributed by atoms with Crippen molar-refractivity contribution >= 4 is 16.8 Å². The van der Waals surface area contributed by atoms with E-state index in [1.54, 1.807) is 6.07 Å². The first kappa shape index (κ1) is 13.8. The lowest BCUT2D eigenvalue weighted by Crippen LogP contribution is -2.35. The molecule has 21 heavy (non-hydrogen) atoms. The fraction of sp³-hybridized carbons (Fsp3) is 0.375. The molecule has 0 bridgehead atoms. The molecule has 0 saturated carbocycles. The fourth-order valence-electron chi connectivity index (χ4n) is 2.60. The summed E-state index contributed by atoms with van der Waals surface area (Å²) in [5.41, 5.74) is 0.558. The minimum absolute atomic E-state index is 0.167. The normalized spacial score (nSPS) is 16.0. The molecule has 1 amide bonds. The summed E-state index contributed by atoms with van der Waals surface area (Å²) in [7, 11) is 0. The summed E-state index contributed by atoms with van der Waals surface area (Å²) in [6.07, 6.45) is 1.91. The Morgan fingerprint density at radius 1 is 1.29 bits per heavy atom. The Kier molecular flexibility index (Phi) is 4.01. The standard InChI is InChI=1S/C16H18N2O3/c19-15(17-10-11-5-7-21-8-6-11)13-9-12-3-1-2-4-14(12)18-16(13)20/h1-4,9,11H,5-8,10H2,(H,17,19)(H,18,20). The summed E-state index contributed by atoms with van der Waals surface area (Å²) in [6.45, 7) is 2.09. The van der Waals surface area contributed by atoms with E-state index >= 15 is 0 Å². The summed E-state index contributed by atoms with van der Waals surface area (Å²) in [5.74, 6) is 0.121. The van der Waals surface area contributed by atoms with Gasteiger partial charge in [0, 0.05) is 25.3 Å². The van der Waals surface area contributed by atoms with Crippen molar-refractivity contribution in [2.75, 3.05) is 19.8 Å². The van der Waals surface area contributed by atoms with Gasteiger partial charge in [0.25, 0.3) is 11.5 Å². The van der Waals surface area contributed by atoms with Crippen molar-refractivity contribution in [3.8, 4) is 0 Å². The van der Waals surface area contributed by atoms with E-state index in [-0.39, 0.29) is 17.0 Å². The average Bonchev–Trinajstić information content (AvgIpc) is 2.53. The molecule has 1 aliphatic rings. The van der Waals surface area contributed by atoms with Crippen LogP contribution in [0.25, 0.3) is 10.9 Å². The zero-order valence-corrected chi connectivity index (χ0v) is 11.7. The number of pyridine rings is 1. The highest BCUT2D eigenvalue weighted by molar-refractivity contribution is 5.97. The molecular formula is C16H18N2O3. The van der Waals surface area contributed by atoms with Crippen LogP contribution in [-0.4, -0.2) is 30.6 Å². The van der Waals surface area contributed by atoms with Crippen molar-refractivity contribution < 1.29 is 9.53 Å². The van der Waals surface area contributed by atoms with Gasteiger partial charge < -0.3 is 15.0 Å². The molecule has 1 aromatic carbocycles. The SMILES string of the molecule is O=C(NCC1CCOCC1)c1cc2ccccc2[nH]c1=O. The quantitative estimate of drug-likeness (QED) is 0.902. The second kappa shape index (κ2) is 6.10. The molecule has 0 atom stereocenters. The largest absolute Gasteiger partial charge is 0.381 e. The van der Waals surface area contributed by atoms with Crippen LogP contribution in [0.2, 0.25) is 0 Å². The van der Waals surface area contributed by atoms with Crippen molar-refractivity contribution in [3.05, 3.63) is 46.2 Å². The van der Waals surface area contributed by atoms with Crippen molar-refractivity contribution in [2.45, 2.75) is 12.8 Å². The maximum atomic E-state index is 12.2. The van der Waals surface area contributed by atoms with Crippen LogP contribution in [0.1, 0.15) is 23.2 Å². The number of H-pyrrole nitrogens is 1. The van der Waals surface area contributed by atoms with Gasteiger partial charge in [0.2, 0.25) is 0 Å². The van der Waals surface area contributed by atoms with Crippen LogP contribution in [0.3, 0.4) is 0 Å². The van der Waals surface area contributed by atoms with E-state index in [1.807, 2.05) is 24.3 Å². The van der Waals surface area contributed by atoms with Gasteiger partial charge in [-0.05, 0) is 36.3 Å². The van der Waals surface area contributed by atoms with Crippen molar-refractivity contribution in [1.29, 1.82) is 0 Å². The number of hydrogen-bond donors (Lipinski definition) is 2. The highest BCUT2D eigenvalue weighted by Crippen LogP contribution is 2.14. The third kappa shape index (κ3) is 3.13. The van der Waals surface area contributed by atoms with Crippen LogP contribution >= 0.6 is 0 Å². The average molecular weight is 286 g/mol. The van der Waals surface area contributed by atoms with Crippen molar-refractivity contribution in [1.82, 2.24) is 10.3 Å². The molecule has 2 N–H and O–H groups in total. The molecule has 0 radical (unpaired) electrons. The molecule has 1 fully saturated rings. The molecule has 2 aromatic rings. The van der Waals surface area contributed by atoms with Gasteiger partial charge in [-0.1, -0.05) is 18.2 Å². The third-order valence-corrected chi connectivity index (χ3v) is 3.89. The molecule has 1 aliphatic heterocycles. The van der Waals surface area contributed by atoms with Crippen LogP contribution in [0.5, 0.6) is 0 Å². The number of hydrogen-bond acceptors (Lipinski definition) is 3. The van der Waals surface area contributed by atoms with E-state index in [0.717, 1.165) is 37.0 Å². The summed E-state index contributed by atoms with van der Waals surface area (Å²) in [6, 6.07) is 9.07. The van der Waals surface area contributed by atoms with Crippen molar-refractivity contribution in [3.63, 3.8) is 0 Å². The van der Waals surface area contributed by atoms with Gasteiger partial charge in [-0.15, -0.1) is 0 Å². The predicted molar refractivity (Wildman–Crippen MR) is 80.4 cm³/mol. The van der Waals surface area contributed by atoms with Crippen LogP contribution in [0.4, 0.5) is 0 Å². The minimum atomic E-state index is -0.349. The molecule has 1 saturated heterocycles. The lowest BCUT2D eigenvalue weighted by atomic mass is 10.0. The summed E-state index contributed by atoms with van der Waals surface area (Å²) < 4.78 is 5.29. The number of aromatic nitrogens is 1. The molecule has 5 heteroatoms. The highest BCUT2D eigenvalue weighted by Gasteiger charge is 2.17. The maximum absolute atomic E-state index is 12.2. The smallest absolute Gasteiger partial charge is 0.261 e. The number of rotatable bonds is 3. The molecule has 0 unspecified atom stereocenters. The highest BCUT2D eigenvalue weighted by atomic mass is 16.5. The van der Waals surface area contributed by atoms with E-state index in [0.29, 0.717) is 12.5 Å². The summed E-state index contributed by atoms with van der Waals surface area (Å²) in [4.78, 5) is 26.9. The number of ether oxygens (including phenoxy) is 1. The fourth-order valence-corrected chi connectivity index (χ4v) is 2.60. The molecule has 110 valence electrons. The Labute approximate surface area is 122 Å². The maximum Gasteiger partial charge on any atom is 0.261 e. The lowest BCUT2D eigenvalue weighted by molar-refractivity contribution is 0.0642. The zero-order chi connectivity index (χ0) is 14.7. The Balaban J connectivity index is 1.74. The second-order valence-corrected chi connectivity index (χ2v) is 5.37. The van der Waals surface area contributed by atoms with Gasteiger partial charge >= 0.3 is 0 Å². The van der Waals surface area contributed by atoms with E-state index < -0.39 is 0 Å². The minimum Gasteiger partial charge on any atom is -0.381 e. The molecular weight excluding hydrogens is 268 g/mol. The Morgan fingerprint density at radius 3 is 2.86 bits per heavy atom. The summed E-state index contributed by atoms with van der Waals surface area (Å²) in [5, 5.41) is 3.71. The number of carbonyl (C=O) groups is 1. The zero-order valence-electron chi connectivity index (χ0n) is 11.7. The number of carbonyl (C=O) groups excluding carboxylic acids is 1. The number of para-hydroxylation sites is 1. The van der Waals surface area contributed by atoms with E-state index in [1.165, 1.54) is 0 Å². The topological polar surface area (TPSA) is 71.2 Å². The molecule has 5 nitrogen and oxygen atoms in total. The first-order valence-electron chi connectivity index (χ1n) is 7.22. The Bertz CT molecular complexity index is 702. The molecule has 1 aromatic heterocycles. The van der Waals surface area contributed by atoms with Gasteiger partial charge in [0.1, 0.15) is 5.56 Å². The number of amides is 1. The van der Waals surface area contributed by atoms with Gasteiger partial charge in [0.05, 0.1) is 0 Å². The molecule has 0 spiro atoms. The van der Waals surface area contributed by atoms with E-state index in [2.05, 4.69) is 10.3 Å². The second-order valence-electron chi connectivity index (χ2n) is 5.37. The first-order valence-corrected chi connectivity index (χ1v) is 7.22. The van der Waals surface area contributed by atoms with Gasteiger partial charge in [-0.3, -0.25) is 9.59 Å². The predicted octanol–water partition coefficient (Wildman–Crippen LogP) is 1.68. The Morgan fingerprint density at radius 2 is 2.05 bits per heavy atom. The third-order valence-electron chi connectivity index (χ3n) is 3.89. The molecule has 2 heterocycles. The number of fused-ring (bicyclic) bond motifs is 1. The van der Waals surface area contributed by atoms with Gasteiger partial charge in [0.15, 0.2) is 0 Å².